The highest BCUT2D eigenvalue weighted by Crippen LogP contribution is 2.12. The van der Waals surface area contributed by atoms with E-state index in [0.717, 1.165) is 5.56 Å². The molecule has 0 aliphatic heterocycles. The van der Waals surface area contributed by atoms with Crippen molar-refractivity contribution < 1.29 is 4.79 Å². The van der Waals surface area contributed by atoms with E-state index in [2.05, 4.69) is 20.4 Å². The van der Waals surface area contributed by atoms with Gasteiger partial charge in [-0.25, -0.2) is 0 Å². The molecule has 16 heavy (non-hydrogen) atoms. The number of amides is 1. The highest BCUT2D eigenvalue weighted by atomic mass is 16.1. The van der Waals surface area contributed by atoms with E-state index in [1.165, 1.54) is 4.80 Å². The van der Waals surface area contributed by atoms with Crippen LogP contribution in [0.2, 0.25) is 0 Å². The lowest BCUT2D eigenvalue weighted by molar-refractivity contribution is -0.121. The maximum absolute atomic E-state index is 10.9. The second-order valence-electron chi connectivity index (χ2n) is 3.25. The average Bonchev–Trinajstić information content (AvgIpc) is 2.78. The summed E-state index contributed by atoms with van der Waals surface area (Å²) in [6, 6.07) is 2.91. The van der Waals surface area contributed by atoms with Crippen LogP contribution in [0, 0.1) is 0 Å². The molecule has 2 aromatic heterocycles. The number of hydrogen-bond donors (Lipinski definition) is 1. The quantitative estimate of drug-likeness (QED) is 0.767. The number of nitrogens with two attached hydrogens (primary N) is 1. The third-order valence-corrected chi connectivity index (χ3v) is 2.12. The molecule has 2 rings (SSSR count). The van der Waals surface area contributed by atoms with Crippen LogP contribution in [-0.4, -0.2) is 31.1 Å². The molecule has 0 bridgehead atoms. The Balaban J connectivity index is 2.30. The summed E-state index contributed by atoms with van der Waals surface area (Å²) in [5.74, 6) is -0.0609. The van der Waals surface area contributed by atoms with Crippen molar-refractivity contribution in [3.05, 3.63) is 24.5 Å². The van der Waals surface area contributed by atoms with Gasteiger partial charge in [0.05, 0.1) is 0 Å². The summed E-state index contributed by atoms with van der Waals surface area (Å²) in [6.07, 6.45) is 3.26. The van der Waals surface area contributed by atoms with Crippen molar-refractivity contribution in [2.45, 2.75) is 13.0 Å². The van der Waals surface area contributed by atoms with Crippen LogP contribution in [0.25, 0.3) is 11.4 Å². The van der Waals surface area contributed by atoms with Gasteiger partial charge >= 0.3 is 0 Å². The Bertz CT molecular complexity index is 494. The maximum Gasteiger partial charge on any atom is 0.243 e. The van der Waals surface area contributed by atoms with E-state index in [4.69, 9.17) is 5.73 Å². The SMILES string of the molecule is CC(C(N)=O)n1nnc(-c2ccncc2)n1. The third kappa shape index (κ3) is 1.88. The Morgan fingerprint density at radius 1 is 1.44 bits per heavy atom. The monoisotopic (exact) mass is 218 g/mol. The molecule has 7 heteroatoms. The summed E-state index contributed by atoms with van der Waals surface area (Å²) in [5.41, 5.74) is 5.93. The first kappa shape index (κ1) is 10.2. The molecule has 0 saturated carbocycles. The number of nitrogens with zero attached hydrogens (tertiary/aromatic N) is 5. The molecule has 0 spiro atoms. The van der Waals surface area contributed by atoms with Gasteiger partial charge in [-0.05, 0) is 24.3 Å². The van der Waals surface area contributed by atoms with Crippen molar-refractivity contribution in [2.24, 2.45) is 5.73 Å². The Hall–Kier alpha value is -2.31. The number of aromatic nitrogens is 5. The van der Waals surface area contributed by atoms with E-state index in [9.17, 15) is 4.79 Å². The van der Waals surface area contributed by atoms with Crippen LogP contribution in [0.4, 0.5) is 0 Å². The van der Waals surface area contributed by atoms with Crippen LogP contribution in [0.3, 0.4) is 0 Å². The molecular formula is C9H10N6O. The van der Waals surface area contributed by atoms with Gasteiger partial charge in [-0.2, -0.15) is 4.80 Å². The van der Waals surface area contributed by atoms with Gasteiger partial charge in [0.2, 0.25) is 11.7 Å². The molecule has 0 aromatic carbocycles. The second kappa shape index (κ2) is 4.05. The van der Waals surface area contributed by atoms with Gasteiger partial charge in [-0.15, -0.1) is 10.2 Å². The lowest BCUT2D eigenvalue weighted by Gasteiger charge is -2.02. The number of primary amides is 1. The molecule has 0 aliphatic rings. The Kier molecular flexibility index (Phi) is 2.59. The van der Waals surface area contributed by atoms with Gasteiger partial charge in [-0.1, -0.05) is 0 Å². The van der Waals surface area contributed by atoms with E-state index in [1.807, 2.05) is 0 Å². The minimum atomic E-state index is -0.608. The van der Waals surface area contributed by atoms with Crippen molar-refractivity contribution in [3.8, 4) is 11.4 Å². The molecule has 0 radical (unpaired) electrons. The number of tetrazole rings is 1. The molecule has 1 atom stereocenters. The molecule has 1 amide bonds. The average molecular weight is 218 g/mol. The number of rotatable bonds is 3. The highest BCUT2D eigenvalue weighted by Gasteiger charge is 2.15. The molecule has 2 N–H and O–H groups in total. The molecule has 7 nitrogen and oxygen atoms in total. The molecule has 0 fully saturated rings. The first-order valence-electron chi connectivity index (χ1n) is 4.67. The first-order chi connectivity index (χ1) is 7.68. The van der Waals surface area contributed by atoms with Crippen LogP contribution in [-0.2, 0) is 4.79 Å². The van der Waals surface area contributed by atoms with E-state index >= 15 is 0 Å². The number of carbonyl (C=O) groups is 1. The van der Waals surface area contributed by atoms with Gasteiger partial charge in [0.15, 0.2) is 0 Å². The standard InChI is InChI=1S/C9H10N6O/c1-6(8(10)16)15-13-9(12-14-15)7-2-4-11-5-3-7/h2-6H,1H3,(H2,10,16). The Morgan fingerprint density at radius 2 is 2.12 bits per heavy atom. The van der Waals surface area contributed by atoms with E-state index in [-0.39, 0.29) is 0 Å². The van der Waals surface area contributed by atoms with E-state index in [1.54, 1.807) is 31.5 Å². The molecule has 0 saturated heterocycles. The normalized spacial score (nSPS) is 12.3. The first-order valence-corrected chi connectivity index (χ1v) is 4.67. The largest absolute Gasteiger partial charge is 0.368 e. The van der Waals surface area contributed by atoms with Crippen LogP contribution in [0.1, 0.15) is 13.0 Å². The van der Waals surface area contributed by atoms with Gasteiger partial charge < -0.3 is 5.73 Å². The molecule has 0 aliphatic carbocycles. The zero-order valence-corrected chi connectivity index (χ0v) is 8.61. The summed E-state index contributed by atoms with van der Waals surface area (Å²) < 4.78 is 0. The van der Waals surface area contributed by atoms with Crippen LogP contribution in [0.15, 0.2) is 24.5 Å². The summed E-state index contributed by atoms with van der Waals surface area (Å²) in [6.45, 7) is 1.61. The van der Waals surface area contributed by atoms with Crippen molar-refractivity contribution in [1.82, 2.24) is 25.2 Å². The van der Waals surface area contributed by atoms with Crippen molar-refractivity contribution >= 4 is 5.91 Å². The fourth-order valence-electron chi connectivity index (χ4n) is 1.12. The van der Waals surface area contributed by atoms with Crippen molar-refractivity contribution in [3.63, 3.8) is 0 Å². The number of pyridine rings is 1. The number of carbonyl (C=O) groups excluding carboxylic acids is 1. The Morgan fingerprint density at radius 3 is 2.75 bits per heavy atom. The minimum Gasteiger partial charge on any atom is -0.368 e. The second-order valence-corrected chi connectivity index (χ2v) is 3.25. The topological polar surface area (TPSA) is 99.6 Å². The zero-order valence-electron chi connectivity index (χ0n) is 8.61. The predicted octanol–water partition coefficient (Wildman–Crippen LogP) is -0.219. The van der Waals surface area contributed by atoms with Gasteiger partial charge in [0.25, 0.3) is 0 Å². The van der Waals surface area contributed by atoms with Crippen LogP contribution >= 0.6 is 0 Å². The van der Waals surface area contributed by atoms with Crippen molar-refractivity contribution in [1.29, 1.82) is 0 Å². The maximum atomic E-state index is 10.9. The zero-order chi connectivity index (χ0) is 11.5. The molecule has 2 aromatic rings. The van der Waals surface area contributed by atoms with Crippen molar-refractivity contribution in [2.75, 3.05) is 0 Å². The lowest BCUT2D eigenvalue weighted by atomic mass is 10.3. The van der Waals surface area contributed by atoms with Crippen LogP contribution < -0.4 is 5.73 Å². The molecule has 82 valence electrons. The summed E-state index contributed by atoms with van der Waals surface area (Å²) in [5, 5.41) is 11.7. The van der Waals surface area contributed by atoms with Crippen LogP contribution in [0.5, 0.6) is 0 Å². The molecule has 2 heterocycles. The lowest BCUT2D eigenvalue weighted by Crippen LogP contribution is -2.25. The van der Waals surface area contributed by atoms with Gasteiger partial charge in [-0.3, -0.25) is 9.78 Å². The third-order valence-electron chi connectivity index (χ3n) is 2.12. The predicted molar refractivity (Wildman–Crippen MR) is 55.0 cm³/mol. The summed E-state index contributed by atoms with van der Waals surface area (Å²) in [7, 11) is 0. The fourth-order valence-corrected chi connectivity index (χ4v) is 1.12. The fraction of sp³-hybridized carbons (Fsp3) is 0.222. The minimum absolute atomic E-state index is 0.440. The summed E-state index contributed by atoms with van der Waals surface area (Å²) in [4.78, 5) is 16.0. The highest BCUT2D eigenvalue weighted by molar-refractivity contribution is 5.77. The van der Waals surface area contributed by atoms with E-state index < -0.39 is 11.9 Å². The smallest absolute Gasteiger partial charge is 0.243 e. The summed E-state index contributed by atoms with van der Waals surface area (Å²) >= 11 is 0. The Labute approximate surface area is 91.3 Å². The van der Waals surface area contributed by atoms with Gasteiger partial charge in [0, 0.05) is 18.0 Å². The molecule has 1 unspecified atom stereocenters. The van der Waals surface area contributed by atoms with Gasteiger partial charge in [0.1, 0.15) is 6.04 Å². The number of hydrogen-bond acceptors (Lipinski definition) is 5. The van der Waals surface area contributed by atoms with E-state index in [0.29, 0.717) is 5.82 Å². The molecular weight excluding hydrogens is 208 g/mol.